The summed E-state index contributed by atoms with van der Waals surface area (Å²) in [6, 6.07) is 7.47. The van der Waals surface area contributed by atoms with Crippen LogP contribution in [0.2, 0.25) is 0 Å². The van der Waals surface area contributed by atoms with Gasteiger partial charge in [0.25, 0.3) is 0 Å². The molecule has 3 aromatic rings. The van der Waals surface area contributed by atoms with E-state index in [0.29, 0.717) is 5.95 Å². The molecular formula is C14H14N6O4. The van der Waals surface area contributed by atoms with E-state index in [2.05, 4.69) is 15.4 Å². The lowest BCUT2D eigenvalue weighted by Gasteiger charge is -2.05. The number of rotatable bonds is 5. The topological polar surface area (TPSA) is 117 Å². The average molecular weight is 330 g/mol. The molecule has 1 aromatic carbocycles. The molecular weight excluding hydrogens is 316 g/mol. The predicted molar refractivity (Wildman–Crippen MR) is 84.8 cm³/mol. The van der Waals surface area contributed by atoms with Crippen molar-refractivity contribution in [2.24, 2.45) is 7.05 Å². The summed E-state index contributed by atoms with van der Waals surface area (Å²) in [5.74, 6) is -0.168. The van der Waals surface area contributed by atoms with Crippen LogP contribution in [-0.4, -0.2) is 37.3 Å². The third kappa shape index (κ3) is 2.76. The van der Waals surface area contributed by atoms with Crippen LogP contribution in [0.5, 0.6) is 5.88 Å². The number of aryl methyl sites for hydroxylation is 1. The summed E-state index contributed by atoms with van der Waals surface area (Å²) >= 11 is 0. The van der Waals surface area contributed by atoms with E-state index in [4.69, 9.17) is 4.74 Å². The van der Waals surface area contributed by atoms with Gasteiger partial charge in [0, 0.05) is 7.05 Å². The Kier molecular flexibility index (Phi) is 3.86. The predicted octanol–water partition coefficient (Wildman–Crippen LogP) is 1.33. The lowest BCUT2D eigenvalue weighted by Crippen LogP contribution is -2.21. The van der Waals surface area contributed by atoms with E-state index < -0.39 is 10.8 Å². The standard InChI is InChI=1S/C14H14N6O4/c1-18-10-6-4-3-5-9(10)15-14(18)16-12(21)8-19-7-11(20(22)23)13(17-19)24-2/h3-7H,8H2,1-2H3,(H,15,16,21). The van der Waals surface area contributed by atoms with Crippen LogP contribution in [0.3, 0.4) is 0 Å². The number of imidazole rings is 1. The molecule has 0 aliphatic carbocycles. The van der Waals surface area contributed by atoms with Crippen LogP contribution in [0.25, 0.3) is 11.0 Å². The summed E-state index contributed by atoms with van der Waals surface area (Å²) in [4.78, 5) is 26.7. The number of carbonyl (C=O) groups excluding carboxylic acids is 1. The molecule has 0 aliphatic rings. The highest BCUT2D eigenvalue weighted by molar-refractivity contribution is 5.91. The van der Waals surface area contributed by atoms with Gasteiger partial charge in [-0.3, -0.25) is 24.9 Å². The molecule has 0 saturated carbocycles. The molecule has 10 heteroatoms. The van der Waals surface area contributed by atoms with Gasteiger partial charge in [-0.2, -0.15) is 0 Å². The Bertz CT molecular complexity index is 929. The van der Waals surface area contributed by atoms with Gasteiger partial charge in [0.2, 0.25) is 11.9 Å². The monoisotopic (exact) mass is 330 g/mol. The van der Waals surface area contributed by atoms with Crippen molar-refractivity contribution in [1.29, 1.82) is 0 Å². The van der Waals surface area contributed by atoms with Crippen molar-refractivity contribution in [2.75, 3.05) is 12.4 Å². The third-order valence-electron chi connectivity index (χ3n) is 3.44. The number of carbonyl (C=O) groups is 1. The van der Waals surface area contributed by atoms with Crippen molar-refractivity contribution in [1.82, 2.24) is 19.3 Å². The van der Waals surface area contributed by atoms with Gasteiger partial charge in [0.1, 0.15) is 12.7 Å². The first-order chi connectivity index (χ1) is 11.5. The molecule has 0 fully saturated rings. The number of hydrogen-bond donors (Lipinski definition) is 1. The second-order valence-electron chi connectivity index (χ2n) is 5.01. The molecule has 0 radical (unpaired) electrons. The number of nitrogens with one attached hydrogen (secondary N) is 1. The minimum atomic E-state index is -0.619. The van der Waals surface area contributed by atoms with Gasteiger partial charge in [-0.15, -0.1) is 5.10 Å². The van der Waals surface area contributed by atoms with Crippen molar-refractivity contribution in [3.8, 4) is 5.88 Å². The third-order valence-corrected chi connectivity index (χ3v) is 3.44. The van der Waals surface area contributed by atoms with Gasteiger partial charge in [-0.1, -0.05) is 12.1 Å². The van der Waals surface area contributed by atoms with Gasteiger partial charge in [-0.05, 0) is 12.1 Å². The Hall–Kier alpha value is -3.43. The zero-order chi connectivity index (χ0) is 17.3. The van der Waals surface area contributed by atoms with Crippen LogP contribution in [0.4, 0.5) is 11.6 Å². The largest absolute Gasteiger partial charge is 0.475 e. The highest BCUT2D eigenvalue weighted by atomic mass is 16.6. The minimum Gasteiger partial charge on any atom is -0.475 e. The van der Waals surface area contributed by atoms with Gasteiger partial charge < -0.3 is 9.30 Å². The molecule has 0 unspecified atom stereocenters. The van der Waals surface area contributed by atoms with Gasteiger partial charge in [0.05, 0.1) is 23.1 Å². The Balaban J connectivity index is 1.78. The van der Waals surface area contributed by atoms with Gasteiger partial charge >= 0.3 is 11.6 Å². The number of amides is 1. The summed E-state index contributed by atoms with van der Waals surface area (Å²) in [5.41, 5.74) is 1.34. The first-order valence-corrected chi connectivity index (χ1v) is 6.96. The molecule has 0 atom stereocenters. The summed E-state index contributed by atoms with van der Waals surface area (Å²) in [6.07, 6.45) is 1.15. The molecule has 0 bridgehead atoms. The van der Waals surface area contributed by atoms with E-state index in [0.717, 1.165) is 21.9 Å². The number of hydrogen-bond acceptors (Lipinski definition) is 6. The number of nitro groups is 1. The van der Waals surface area contributed by atoms with Crippen molar-refractivity contribution < 1.29 is 14.5 Å². The summed E-state index contributed by atoms with van der Waals surface area (Å²) in [7, 11) is 3.06. The molecule has 3 rings (SSSR count). The fraction of sp³-hybridized carbons (Fsp3) is 0.214. The Morgan fingerprint density at radius 1 is 1.42 bits per heavy atom. The second kappa shape index (κ2) is 5.99. The quantitative estimate of drug-likeness (QED) is 0.557. The number of para-hydroxylation sites is 2. The molecule has 1 N–H and O–H groups in total. The number of fused-ring (bicyclic) bond motifs is 1. The first kappa shape index (κ1) is 15.5. The van der Waals surface area contributed by atoms with Gasteiger partial charge in [-0.25, -0.2) is 4.98 Å². The summed E-state index contributed by atoms with van der Waals surface area (Å²) < 4.78 is 7.72. The molecule has 124 valence electrons. The van der Waals surface area contributed by atoms with E-state index >= 15 is 0 Å². The molecule has 2 heterocycles. The van der Waals surface area contributed by atoms with Crippen molar-refractivity contribution >= 4 is 28.6 Å². The van der Waals surface area contributed by atoms with Crippen LogP contribution in [0.1, 0.15) is 0 Å². The molecule has 0 spiro atoms. The highest BCUT2D eigenvalue weighted by Crippen LogP contribution is 2.24. The SMILES string of the molecule is COc1nn(CC(=O)Nc2nc3ccccc3n2C)cc1[N+](=O)[O-]. The number of methoxy groups -OCH3 is 1. The van der Waals surface area contributed by atoms with E-state index in [9.17, 15) is 14.9 Å². The maximum absolute atomic E-state index is 12.2. The Morgan fingerprint density at radius 3 is 2.79 bits per heavy atom. The number of anilines is 1. The lowest BCUT2D eigenvalue weighted by atomic mass is 10.3. The van der Waals surface area contributed by atoms with Gasteiger partial charge in [0.15, 0.2) is 0 Å². The van der Waals surface area contributed by atoms with E-state index in [1.807, 2.05) is 24.3 Å². The molecule has 24 heavy (non-hydrogen) atoms. The summed E-state index contributed by atoms with van der Waals surface area (Å²) in [5, 5.41) is 17.4. The molecule has 2 aromatic heterocycles. The van der Waals surface area contributed by atoms with Crippen molar-refractivity contribution in [3.63, 3.8) is 0 Å². The molecule has 0 saturated heterocycles. The fourth-order valence-electron chi connectivity index (χ4n) is 2.31. The van der Waals surface area contributed by atoms with Crippen molar-refractivity contribution in [3.05, 3.63) is 40.6 Å². The van der Waals surface area contributed by atoms with Crippen molar-refractivity contribution in [2.45, 2.75) is 6.54 Å². The maximum atomic E-state index is 12.2. The van der Waals surface area contributed by atoms with Crippen LogP contribution in [0.15, 0.2) is 30.5 Å². The molecule has 1 amide bonds. The first-order valence-electron chi connectivity index (χ1n) is 6.96. The van der Waals surface area contributed by atoms with Crippen LogP contribution < -0.4 is 10.1 Å². The van der Waals surface area contributed by atoms with Crippen LogP contribution in [0, 0.1) is 10.1 Å². The molecule has 0 aliphatic heterocycles. The van der Waals surface area contributed by atoms with Crippen LogP contribution >= 0.6 is 0 Å². The second-order valence-corrected chi connectivity index (χ2v) is 5.01. The zero-order valence-corrected chi connectivity index (χ0v) is 13.0. The van der Waals surface area contributed by atoms with E-state index in [-0.39, 0.29) is 18.1 Å². The number of benzene rings is 1. The smallest absolute Gasteiger partial charge is 0.350 e. The summed E-state index contributed by atoms with van der Waals surface area (Å²) in [6.45, 7) is -0.201. The fourth-order valence-corrected chi connectivity index (χ4v) is 2.31. The zero-order valence-electron chi connectivity index (χ0n) is 13.0. The highest BCUT2D eigenvalue weighted by Gasteiger charge is 2.21. The number of ether oxygens (including phenoxy) is 1. The number of nitrogens with zero attached hydrogens (tertiary/aromatic N) is 5. The average Bonchev–Trinajstić information content (AvgIpc) is 3.09. The lowest BCUT2D eigenvalue weighted by molar-refractivity contribution is -0.385. The van der Waals surface area contributed by atoms with Crippen LogP contribution in [-0.2, 0) is 18.4 Å². The Morgan fingerprint density at radius 2 is 2.17 bits per heavy atom. The minimum absolute atomic E-state index is 0.143. The number of aromatic nitrogens is 4. The normalized spacial score (nSPS) is 10.8. The maximum Gasteiger partial charge on any atom is 0.350 e. The Labute approximate surface area is 135 Å². The van der Waals surface area contributed by atoms with E-state index in [1.54, 1.807) is 11.6 Å². The molecule has 10 nitrogen and oxygen atoms in total. The van der Waals surface area contributed by atoms with E-state index in [1.165, 1.54) is 7.11 Å².